The van der Waals surface area contributed by atoms with Crippen molar-refractivity contribution >= 4 is 23.4 Å². The summed E-state index contributed by atoms with van der Waals surface area (Å²) in [5, 5.41) is 12.9. The zero-order valence-electron chi connectivity index (χ0n) is 15.2. The second kappa shape index (κ2) is 8.37. The molecule has 1 amide bonds. The summed E-state index contributed by atoms with van der Waals surface area (Å²) in [6.07, 6.45) is 4.92. The number of thioether (sulfide) groups is 1. The number of hydrogen-bond acceptors (Lipinski definition) is 4. The quantitative estimate of drug-likeness (QED) is 0.783. The monoisotopic (exact) mass is 365 g/mol. The summed E-state index contributed by atoms with van der Waals surface area (Å²) in [4.78, 5) is 17.4. The standard InChI is InChI=1S/C21H23N3OS/c1-3-19(20(25)23-17-10-8-14(2)9-11-17)26-21-16(13-22)12-15-6-4-5-7-18(15)24-21/h8-12,19H,3-7H2,1-2H3,(H,23,25). The fourth-order valence-electron chi connectivity index (χ4n) is 3.10. The zero-order chi connectivity index (χ0) is 18.5. The van der Waals surface area contributed by atoms with Crippen molar-refractivity contribution in [2.45, 2.75) is 56.2 Å². The number of amides is 1. The van der Waals surface area contributed by atoms with E-state index in [1.54, 1.807) is 0 Å². The summed E-state index contributed by atoms with van der Waals surface area (Å²) < 4.78 is 0. The van der Waals surface area contributed by atoms with Crippen LogP contribution >= 0.6 is 11.8 Å². The number of hydrogen-bond donors (Lipinski definition) is 1. The molecule has 0 saturated carbocycles. The molecule has 0 fully saturated rings. The molecule has 1 unspecified atom stereocenters. The number of aromatic nitrogens is 1. The molecular weight excluding hydrogens is 342 g/mol. The van der Waals surface area contributed by atoms with E-state index >= 15 is 0 Å². The molecule has 1 heterocycles. The Bertz CT molecular complexity index is 840. The molecule has 1 aromatic heterocycles. The Kier molecular flexibility index (Phi) is 5.95. The highest BCUT2D eigenvalue weighted by molar-refractivity contribution is 8.00. The van der Waals surface area contributed by atoms with Crippen molar-refractivity contribution in [3.63, 3.8) is 0 Å². The second-order valence-corrected chi connectivity index (χ2v) is 7.83. The lowest BCUT2D eigenvalue weighted by Crippen LogP contribution is -2.25. The van der Waals surface area contributed by atoms with Gasteiger partial charge in [-0.2, -0.15) is 5.26 Å². The average molecular weight is 366 g/mol. The van der Waals surface area contributed by atoms with Crippen LogP contribution in [-0.4, -0.2) is 16.1 Å². The van der Waals surface area contributed by atoms with E-state index < -0.39 is 0 Å². The van der Waals surface area contributed by atoms with E-state index in [2.05, 4.69) is 11.4 Å². The predicted molar refractivity (Wildman–Crippen MR) is 105 cm³/mol. The van der Waals surface area contributed by atoms with E-state index in [0.717, 1.165) is 42.6 Å². The second-order valence-electron chi connectivity index (χ2n) is 6.64. The van der Waals surface area contributed by atoms with Gasteiger partial charge in [-0.1, -0.05) is 36.4 Å². The lowest BCUT2D eigenvalue weighted by atomic mass is 9.95. The Morgan fingerprint density at radius 3 is 2.73 bits per heavy atom. The molecule has 4 nitrogen and oxygen atoms in total. The Hall–Kier alpha value is -2.32. The van der Waals surface area contributed by atoms with Gasteiger partial charge in [-0.05, 0) is 62.8 Å². The van der Waals surface area contributed by atoms with Gasteiger partial charge in [-0.15, -0.1) is 0 Å². The summed E-state index contributed by atoms with van der Waals surface area (Å²) in [5.74, 6) is -0.0511. The fraction of sp³-hybridized carbons (Fsp3) is 0.381. The number of nitrogens with zero attached hydrogens (tertiary/aromatic N) is 2. The molecule has 2 aromatic rings. The summed E-state index contributed by atoms with van der Waals surface area (Å²) in [7, 11) is 0. The van der Waals surface area contributed by atoms with Gasteiger partial charge in [-0.3, -0.25) is 4.79 Å². The van der Waals surface area contributed by atoms with Crippen LogP contribution in [0.25, 0.3) is 0 Å². The van der Waals surface area contributed by atoms with Crippen LogP contribution in [0.1, 0.15) is 48.6 Å². The Labute approximate surface area is 159 Å². The number of anilines is 1. The smallest absolute Gasteiger partial charge is 0.237 e. The minimum atomic E-state index is -0.280. The molecule has 134 valence electrons. The van der Waals surface area contributed by atoms with Gasteiger partial charge in [0, 0.05) is 11.4 Å². The summed E-state index contributed by atoms with van der Waals surface area (Å²) >= 11 is 1.40. The third kappa shape index (κ3) is 4.25. The number of benzene rings is 1. The molecule has 0 saturated heterocycles. The van der Waals surface area contributed by atoms with Crippen molar-refractivity contribution < 1.29 is 4.79 Å². The van der Waals surface area contributed by atoms with E-state index in [0.29, 0.717) is 17.0 Å². The molecule has 26 heavy (non-hydrogen) atoms. The van der Waals surface area contributed by atoms with Crippen LogP contribution in [0, 0.1) is 18.3 Å². The number of nitrogens with one attached hydrogen (secondary N) is 1. The highest BCUT2D eigenvalue weighted by Crippen LogP contribution is 2.31. The Morgan fingerprint density at radius 2 is 2.04 bits per heavy atom. The maximum Gasteiger partial charge on any atom is 0.237 e. The lowest BCUT2D eigenvalue weighted by molar-refractivity contribution is -0.115. The normalized spacial score (nSPS) is 14.2. The highest BCUT2D eigenvalue weighted by atomic mass is 32.2. The molecule has 3 rings (SSSR count). The molecular formula is C21H23N3OS. The van der Waals surface area contributed by atoms with Crippen molar-refractivity contribution in [3.05, 3.63) is 52.7 Å². The van der Waals surface area contributed by atoms with Crippen LogP contribution in [-0.2, 0) is 17.6 Å². The van der Waals surface area contributed by atoms with Gasteiger partial charge < -0.3 is 5.32 Å². The van der Waals surface area contributed by atoms with Crippen LogP contribution in [0.3, 0.4) is 0 Å². The molecule has 0 bridgehead atoms. The molecule has 1 aromatic carbocycles. The average Bonchev–Trinajstić information content (AvgIpc) is 2.67. The van der Waals surface area contributed by atoms with Gasteiger partial charge in [0.2, 0.25) is 5.91 Å². The lowest BCUT2D eigenvalue weighted by Gasteiger charge is -2.19. The zero-order valence-corrected chi connectivity index (χ0v) is 16.0. The SMILES string of the molecule is CCC(Sc1nc2c(cc1C#N)CCCC2)C(=O)Nc1ccc(C)cc1. The van der Waals surface area contributed by atoms with Crippen molar-refractivity contribution in [3.8, 4) is 6.07 Å². The fourth-order valence-corrected chi connectivity index (χ4v) is 4.10. The number of aryl methyl sites for hydroxylation is 3. The van der Waals surface area contributed by atoms with Crippen molar-refractivity contribution in [2.75, 3.05) is 5.32 Å². The van der Waals surface area contributed by atoms with E-state index in [9.17, 15) is 10.1 Å². The Balaban J connectivity index is 1.78. The van der Waals surface area contributed by atoms with Gasteiger partial charge in [0.25, 0.3) is 0 Å². The number of rotatable bonds is 5. The number of carbonyl (C=O) groups excluding carboxylic acids is 1. The first-order chi connectivity index (χ1) is 12.6. The summed E-state index contributed by atoms with van der Waals surface area (Å²) in [6, 6.07) is 12.0. The van der Waals surface area contributed by atoms with E-state index in [-0.39, 0.29) is 11.2 Å². The first-order valence-electron chi connectivity index (χ1n) is 9.07. The van der Waals surface area contributed by atoms with Gasteiger partial charge >= 0.3 is 0 Å². The van der Waals surface area contributed by atoms with Crippen LogP contribution in [0.2, 0.25) is 0 Å². The Morgan fingerprint density at radius 1 is 1.31 bits per heavy atom. The van der Waals surface area contributed by atoms with Crippen molar-refractivity contribution in [1.82, 2.24) is 4.98 Å². The first-order valence-corrected chi connectivity index (χ1v) is 9.95. The number of pyridine rings is 1. The molecule has 0 spiro atoms. The maximum absolute atomic E-state index is 12.7. The van der Waals surface area contributed by atoms with Gasteiger partial charge in [0.1, 0.15) is 11.1 Å². The third-order valence-electron chi connectivity index (χ3n) is 4.62. The van der Waals surface area contributed by atoms with Crippen LogP contribution in [0.5, 0.6) is 0 Å². The molecule has 1 aliphatic rings. The van der Waals surface area contributed by atoms with Gasteiger partial charge in [0.15, 0.2) is 0 Å². The van der Waals surface area contributed by atoms with Crippen molar-refractivity contribution in [1.29, 1.82) is 5.26 Å². The predicted octanol–water partition coefficient (Wildman–Crippen LogP) is 4.65. The van der Waals surface area contributed by atoms with Gasteiger partial charge in [-0.25, -0.2) is 4.98 Å². The minimum absolute atomic E-state index is 0.0511. The first kappa shape index (κ1) is 18.5. The molecule has 5 heteroatoms. The number of nitriles is 1. The van der Waals surface area contributed by atoms with Crippen LogP contribution < -0.4 is 5.32 Å². The van der Waals surface area contributed by atoms with Crippen molar-refractivity contribution in [2.24, 2.45) is 0 Å². The van der Waals surface area contributed by atoms with E-state index in [1.165, 1.54) is 17.3 Å². The maximum atomic E-state index is 12.7. The molecule has 1 atom stereocenters. The molecule has 1 aliphatic carbocycles. The number of fused-ring (bicyclic) bond motifs is 1. The highest BCUT2D eigenvalue weighted by Gasteiger charge is 2.22. The van der Waals surface area contributed by atoms with Crippen LogP contribution in [0.4, 0.5) is 5.69 Å². The summed E-state index contributed by atoms with van der Waals surface area (Å²) in [6.45, 7) is 4.00. The van der Waals surface area contributed by atoms with Gasteiger partial charge in [0.05, 0.1) is 10.8 Å². The molecule has 0 radical (unpaired) electrons. The largest absolute Gasteiger partial charge is 0.325 e. The van der Waals surface area contributed by atoms with E-state index in [1.807, 2.05) is 44.2 Å². The third-order valence-corrected chi connectivity index (χ3v) is 5.99. The number of carbonyl (C=O) groups is 1. The summed E-state index contributed by atoms with van der Waals surface area (Å²) in [5.41, 5.74) is 4.80. The molecule has 1 N–H and O–H groups in total. The topological polar surface area (TPSA) is 65.8 Å². The molecule has 0 aliphatic heterocycles. The van der Waals surface area contributed by atoms with E-state index in [4.69, 9.17) is 4.98 Å². The van der Waals surface area contributed by atoms with Crippen LogP contribution in [0.15, 0.2) is 35.4 Å². The minimum Gasteiger partial charge on any atom is -0.325 e.